The molecule has 1 spiro atoms. The maximum Gasteiger partial charge on any atom is 0.306 e. The van der Waals surface area contributed by atoms with Crippen LogP contribution in [0.1, 0.15) is 88.3 Å². The highest BCUT2D eigenvalue weighted by Crippen LogP contribution is 2.54. The van der Waals surface area contributed by atoms with Gasteiger partial charge >= 0.3 is 5.97 Å². The number of anilines is 1. The van der Waals surface area contributed by atoms with Crippen LogP contribution in [-0.2, 0) is 21.6 Å². The second kappa shape index (κ2) is 12.5. The molecule has 1 unspecified atom stereocenters. The van der Waals surface area contributed by atoms with E-state index in [4.69, 9.17) is 9.47 Å². The first-order valence-corrected chi connectivity index (χ1v) is 14.6. The van der Waals surface area contributed by atoms with Gasteiger partial charge in [0, 0.05) is 36.9 Å². The van der Waals surface area contributed by atoms with Crippen molar-refractivity contribution >= 4 is 36.0 Å². The summed E-state index contributed by atoms with van der Waals surface area (Å²) in [4.78, 5) is 25.3. The number of ether oxygens (including phenoxy) is 2. The van der Waals surface area contributed by atoms with Crippen LogP contribution >= 0.6 is 12.6 Å². The quantitative estimate of drug-likeness (QED) is 0.0905. The van der Waals surface area contributed by atoms with Crippen molar-refractivity contribution in [1.82, 2.24) is 0 Å². The van der Waals surface area contributed by atoms with Gasteiger partial charge in [-0.05, 0) is 73.9 Å². The molecule has 2 aliphatic rings. The van der Waals surface area contributed by atoms with E-state index in [1.807, 2.05) is 31.3 Å². The maximum atomic E-state index is 12.4. The van der Waals surface area contributed by atoms with Gasteiger partial charge in [0.05, 0.1) is 10.3 Å². The third kappa shape index (κ3) is 6.11. The molecule has 8 heteroatoms. The number of hydrogen-bond donors (Lipinski definition) is 1. The van der Waals surface area contributed by atoms with Crippen molar-refractivity contribution < 1.29 is 19.2 Å². The van der Waals surface area contributed by atoms with Crippen molar-refractivity contribution in [3.05, 3.63) is 69.3 Å². The molecule has 0 saturated carbocycles. The molecule has 39 heavy (non-hydrogen) atoms. The molecule has 0 radical (unpaired) electrons. The zero-order chi connectivity index (χ0) is 28.0. The largest absolute Gasteiger partial charge is 0.463 e. The van der Waals surface area contributed by atoms with Crippen LogP contribution in [0.2, 0.25) is 0 Å². The van der Waals surface area contributed by atoms with Crippen molar-refractivity contribution in [2.75, 3.05) is 17.7 Å². The monoisotopic (exact) mass is 552 g/mol. The van der Waals surface area contributed by atoms with Gasteiger partial charge in [0.25, 0.3) is 5.69 Å². The molecule has 2 aliphatic heterocycles. The zero-order valence-corrected chi connectivity index (χ0v) is 24.2. The molecule has 0 aliphatic carbocycles. The third-order valence-corrected chi connectivity index (χ3v) is 8.45. The summed E-state index contributed by atoms with van der Waals surface area (Å²) in [6.45, 7) is 4.51. The Kier molecular flexibility index (Phi) is 9.26. The van der Waals surface area contributed by atoms with Gasteiger partial charge in [0.2, 0.25) is 5.72 Å². The van der Waals surface area contributed by atoms with Gasteiger partial charge in [-0.3, -0.25) is 14.9 Å². The van der Waals surface area contributed by atoms with E-state index in [0.717, 1.165) is 35.4 Å². The number of hydrogen-bond acceptors (Lipinski definition) is 7. The Morgan fingerprint density at radius 1 is 1.03 bits per heavy atom. The number of thiol groups is 1. The third-order valence-electron chi connectivity index (χ3n) is 8.14. The van der Waals surface area contributed by atoms with E-state index in [-0.39, 0.29) is 18.3 Å². The minimum absolute atomic E-state index is 0.0370. The molecule has 0 amide bonds. The minimum Gasteiger partial charge on any atom is -0.463 e. The fraction of sp³-hybridized carbons (Fsp3) is 0.516. The molecule has 2 aromatic carbocycles. The highest BCUT2D eigenvalue weighted by atomic mass is 32.1. The van der Waals surface area contributed by atoms with Gasteiger partial charge in [-0.25, -0.2) is 0 Å². The fourth-order valence-corrected chi connectivity index (χ4v) is 5.95. The summed E-state index contributed by atoms with van der Waals surface area (Å²) in [6, 6.07) is 10.8. The summed E-state index contributed by atoms with van der Waals surface area (Å²) in [5.41, 5.74) is 2.57. The van der Waals surface area contributed by atoms with Crippen LogP contribution in [0, 0.1) is 10.1 Å². The second-order valence-electron chi connectivity index (χ2n) is 11.1. The lowest BCUT2D eigenvalue weighted by Gasteiger charge is -2.45. The van der Waals surface area contributed by atoms with Crippen LogP contribution < -0.4 is 9.64 Å². The SMILES string of the molecule is CN1c2ccc(COC(=O)CCCCCCCCCCS)cc2C(C)(C)C12C=Cc1cc([N+](=O)[O-])ccc1O2. The predicted molar refractivity (Wildman–Crippen MR) is 159 cm³/mol. The number of non-ortho nitro benzene ring substituents is 1. The zero-order valence-electron chi connectivity index (χ0n) is 23.3. The van der Waals surface area contributed by atoms with Gasteiger partial charge in [-0.15, -0.1) is 0 Å². The maximum absolute atomic E-state index is 12.4. The average Bonchev–Trinajstić information content (AvgIpc) is 3.08. The summed E-state index contributed by atoms with van der Waals surface area (Å²) in [5, 5.41) is 11.2. The normalized spacial score (nSPS) is 18.5. The lowest BCUT2D eigenvalue weighted by Crippen LogP contribution is -2.58. The molecular weight excluding hydrogens is 512 g/mol. The lowest BCUT2D eigenvalue weighted by atomic mass is 9.76. The van der Waals surface area contributed by atoms with Gasteiger partial charge in [0.1, 0.15) is 12.4 Å². The highest BCUT2D eigenvalue weighted by molar-refractivity contribution is 7.80. The topological polar surface area (TPSA) is 81.9 Å². The first kappa shape index (κ1) is 29.0. The Morgan fingerprint density at radius 2 is 1.72 bits per heavy atom. The average molecular weight is 553 g/mol. The molecule has 4 rings (SSSR count). The second-order valence-corrected chi connectivity index (χ2v) is 11.6. The molecule has 210 valence electrons. The van der Waals surface area contributed by atoms with Crippen LogP contribution in [0.4, 0.5) is 11.4 Å². The number of likely N-dealkylation sites (N-methyl/N-ethyl adjacent to an activating group) is 1. The molecule has 0 fully saturated rings. The first-order chi connectivity index (χ1) is 18.7. The van der Waals surface area contributed by atoms with E-state index < -0.39 is 16.1 Å². The molecule has 2 heterocycles. The molecule has 7 nitrogen and oxygen atoms in total. The van der Waals surface area contributed by atoms with Gasteiger partial charge in [-0.2, -0.15) is 12.6 Å². The molecule has 0 saturated heterocycles. The predicted octanol–water partition coefficient (Wildman–Crippen LogP) is 7.61. The standard InChI is InChI=1S/C31H40N2O5S/c1-30(2)26-20-23(22-37-29(34)12-10-8-6-4-5-7-9-11-19-39)13-15-27(26)32(3)31(30)18-17-24-21-25(33(35)36)14-16-28(24)38-31/h13-18,20-21,39H,4-12,19,22H2,1-3H3. The number of nitro benzene ring substituents is 1. The smallest absolute Gasteiger partial charge is 0.306 e. The first-order valence-electron chi connectivity index (χ1n) is 14.0. The number of unbranched alkanes of at least 4 members (excludes halogenated alkanes) is 7. The van der Waals surface area contributed by atoms with Crippen LogP contribution in [0.15, 0.2) is 42.5 Å². The number of carbonyl (C=O) groups excluding carboxylic acids is 1. The van der Waals surface area contributed by atoms with E-state index in [1.54, 1.807) is 6.07 Å². The Labute approximate surface area is 237 Å². The lowest BCUT2D eigenvalue weighted by molar-refractivity contribution is -0.384. The Hall–Kier alpha value is -3.00. The van der Waals surface area contributed by atoms with E-state index in [0.29, 0.717) is 17.7 Å². The number of nitro groups is 1. The summed E-state index contributed by atoms with van der Waals surface area (Å²) >= 11 is 4.25. The number of carbonyl (C=O) groups is 1. The van der Waals surface area contributed by atoms with Crippen LogP contribution in [0.5, 0.6) is 5.75 Å². The van der Waals surface area contributed by atoms with Crippen LogP contribution in [0.25, 0.3) is 6.08 Å². The number of benzene rings is 2. The molecule has 2 aromatic rings. The van der Waals surface area contributed by atoms with Crippen molar-refractivity contribution in [3.8, 4) is 5.75 Å². The Bertz CT molecular complexity index is 1230. The van der Waals surface area contributed by atoms with E-state index in [2.05, 4.69) is 37.4 Å². The number of esters is 1. The number of fused-ring (bicyclic) bond motifs is 2. The van der Waals surface area contributed by atoms with Gasteiger partial charge in [0.15, 0.2) is 0 Å². The summed E-state index contributed by atoms with van der Waals surface area (Å²) in [6.07, 6.45) is 13.7. The molecule has 0 bridgehead atoms. The summed E-state index contributed by atoms with van der Waals surface area (Å²) < 4.78 is 12.2. The van der Waals surface area contributed by atoms with Crippen molar-refractivity contribution in [2.45, 2.75) is 89.4 Å². The van der Waals surface area contributed by atoms with Gasteiger partial charge < -0.3 is 14.4 Å². The van der Waals surface area contributed by atoms with E-state index in [9.17, 15) is 14.9 Å². The van der Waals surface area contributed by atoms with Crippen molar-refractivity contribution in [1.29, 1.82) is 0 Å². The number of rotatable bonds is 13. The van der Waals surface area contributed by atoms with Crippen LogP contribution in [-0.4, -0.2) is 29.4 Å². The van der Waals surface area contributed by atoms with Crippen molar-refractivity contribution in [2.24, 2.45) is 0 Å². The van der Waals surface area contributed by atoms with Crippen LogP contribution in [0.3, 0.4) is 0 Å². The highest BCUT2D eigenvalue weighted by Gasteiger charge is 2.57. The summed E-state index contributed by atoms with van der Waals surface area (Å²) in [5.74, 6) is 1.43. The molecule has 0 N–H and O–H groups in total. The van der Waals surface area contributed by atoms with Crippen molar-refractivity contribution in [3.63, 3.8) is 0 Å². The molecule has 0 aromatic heterocycles. The minimum atomic E-state index is -0.791. The molecule has 1 atom stereocenters. The summed E-state index contributed by atoms with van der Waals surface area (Å²) in [7, 11) is 2.00. The Balaban J connectivity index is 1.33. The molecular formula is C31H40N2O5S. The Morgan fingerprint density at radius 3 is 2.41 bits per heavy atom. The van der Waals surface area contributed by atoms with E-state index in [1.165, 1.54) is 50.7 Å². The fourth-order valence-electron chi connectivity index (χ4n) is 5.73. The van der Waals surface area contributed by atoms with Gasteiger partial charge in [-0.1, -0.05) is 44.6 Å². The number of nitrogens with zero attached hydrogens (tertiary/aromatic N) is 2. The van der Waals surface area contributed by atoms with E-state index >= 15 is 0 Å².